The van der Waals surface area contributed by atoms with Crippen molar-refractivity contribution in [1.82, 2.24) is 0 Å². The molecule has 1 aromatic carbocycles. The Morgan fingerprint density at radius 2 is 2.12 bits per heavy atom. The topological polar surface area (TPSA) is 83.6 Å². The van der Waals surface area contributed by atoms with Crippen LogP contribution in [0.3, 0.4) is 0 Å². The lowest BCUT2D eigenvalue weighted by molar-refractivity contribution is -0.121. The van der Waals surface area contributed by atoms with Crippen LogP contribution in [0.2, 0.25) is 0 Å². The Morgan fingerprint density at radius 3 is 2.62 bits per heavy atom. The Hall–Kier alpha value is -0.980. The Bertz CT molecular complexity index is 379. The normalized spacial score (nSPS) is 14.5. The zero-order valence-corrected chi connectivity index (χ0v) is 9.82. The van der Waals surface area contributed by atoms with Crippen LogP contribution in [0, 0.1) is 5.82 Å². The fourth-order valence-corrected chi connectivity index (χ4v) is 1.88. The van der Waals surface area contributed by atoms with Crippen molar-refractivity contribution in [2.24, 2.45) is 5.73 Å². The van der Waals surface area contributed by atoms with Crippen molar-refractivity contribution >= 4 is 21.8 Å². The summed E-state index contributed by atoms with van der Waals surface area (Å²) >= 11 is 3.05. The first-order valence-corrected chi connectivity index (χ1v) is 5.31. The molecule has 1 amide bonds. The molecule has 16 heavy (non-hydrogen) atoms. The van der Waals surface area contributed by atoms with Crippen LogP contribution in [0.5, 0.6) is 0 Å². The van der Waals surface area contributed by atoms with Crippen LogP contribution in [-0.2, 0) is 4.79 Å². The van der Waals surface area contributed by atoms with Crippen LogP contribution in [0.25, 0.3) is 0 Å². The second-order valence-corrected chi connectivity index (χ2v) is 4.17. The predicted octanol–water partition coefficient (Wildman–Crippen LogP) is 0.858. The minimum absolute atomic E-state index is 0.0868. The first-order chi connectivity index (χ1) is 7.43. The fourth-order valence-electron chi connectivity index (χ4n) is 1.30. The van der Waals surface area contributed by atoms with E-state index in [4.69, 9.17) is 5.73 Å². The van der Waals surface area contributed by atoms with Gasteiger partial charge < -0.3 is 15.9 Å². The van der Waals surface area contributed by atoms with Gasteiger partial charge >= 0.3 is 0 Å². The number of carbonyl (C=O) groups is 1. The van der Waals surface area contributed by atoms with Gasteiger partial charge in [0, 0.05) is 10.0 Å². The number of aliphatic hydroxyl groups excluding tert-OH is 2. The molecule has 2 atom stereocenters. The third-order valence-corrected chi connectivity index (χ3v) is 2.76. The van der Waals surface area contributed by atoms with E-state index in [1.54, 1.807) is 0 Å². The number of rotatable bonds is 4. The lowest BCUT2D eigenvalue weighted by Crippen LogP contribution is -2.26. The van der Waals surface area contributed by atoms with E-state index in [1.807, 2.05) is 0 Å². The SMILES string of the molecule is NC(=O)CC(O)C(O)c1c(F)cccc1Br. The van der Waals surface area contributed by atoms with Crippen molar-refractivity contribution in [2.45, 2.75) is 18.6 Å². The molecule has 0 bridgehead atoms. The summed E-state index contributed by atoms with van der Waals surface area (Å²) < 4.78 is 13.7. The molecule has 0 aliphatic carbocycles. The molecule has 0 saturated carbocycles. The van der Waals surface area contributed by atoms with Gasteiger partial charge in [-0.25, -0.2) is 4.39 Å². The van der Waals surface area contributed by atoms with E-state index >= 15 is 0 Å². The molecule has 0 heterocycles. The van der Waals surface area contributed by atoms with Gasteiger partial charge in [0.05, 0.1) is 12.5 Å². The van der Waals surface area contributed by atoms with Crippen molar-refractivity contribution < 1.29 is 19.4 Å². The van der Waals surface area contributed by atoms with Crippen LogP contribution in [0.15, 0.2) is 22.7 Å². The van der Waals surface area contributed by atoms with Crippen LogP contribution in [0.4, 0.5) is 4.39 Å². The highest BCUT2D eigenvalue weighted by atomic mass is 79.9. The largest absolute Gasteiger partial charge is 0.390 e. The molecule has 0 aliphatic rings. The highest BCUT2D eigenvalue weighted by Gasteiger charge is 2.24. The minimum atomic E-state index is -1.50. The monoisotopic (exact) mass is 291 g/mol. The van der Waals surface area contributed by atoms with Crippen LogP contribution < -0.4 is 5.73 Å². The lowest BCUT2D eigenvalue weighted by Gasteiger charge is -2.18. The number of aliphatic hydroxyl groups is 2. The molecule has 4 nitrogen and oxygen atoms in total. The van der Waals surface area contributed by atoms with E-state index in [2.05, 4.69) is 15.9 Å². The quantitative estimate of drug-likeness (QED) is 0.769. The number of hydrogen-bond acceptors (Lipinski definition) is 3. The number of amides is 1. The third kappa shape index (κ3) is 3.01. The first kappa shape index (κ1) is 13.1. The highest BCUT2D eigenvalue weighted by Crippen LogP contribution is 2.29. The Kier molecular flexibility index (Phi) is 4.40. The van der Waals surface area contributed by atoms with Crippen LogP contribution >= 0.6 is 15.9 Å². The number of benzene rings is 1. The van der Waals surface area contributed by atoms with Crippen LogP contribution in [0.1, 0.15) is 18.1 Å². The predicted molar refractivity (Wildman–Crippen MR) is 58.9 cm³/mol. The molecule has 88 valence electrons. The summed E-state index contributed by atoms with van der Waals surface area (Å²) in [6.45, 7) is 0. The van der Waals surface area contributed by atoms with Crippen molar-refractivity contribution in [3.8, 4) is 0 Å². The van der Waals surface area contributed by atoms with Gasteiger partial charge in [0.1, 0.15) is 11.9 Å². The van der Waals surface area contributed by atoms with Gasteiger partial charge in [0.2, 0.25) is 5.91 Å². The number of nitrogens with two attached hydrogens (primary N) is 1. The summed E-state index contributed by atoms with van der Waals surface area (Å²) in [6.07, 6.45) is -3.35. The summed E-state index contributed by atoms with van der Waals surface area (Å²) in [5.74, 6) is -1.43. The molecule has 0 aliphatic heterocycles. The Morgan fingerprint density at radius 1 is 1.50 bits per heavy atom. The van der Waals surface area contributed by atoms with Gasteiger partial charge in [-0.05, 0) is 12.1 Å². The van der Waals surface area contributed by atoms with E-state index in [-0.39, 0.29) is 5.56 Å². The smallest absolute Gasteiger partial charge is 0.220 e. The van der Waals surface area contributed by atoms with Crippen molar-refractivity contribution in [2.75, 3.05) is 0 Å². The van der Waals surface area contributed by atoms with Crippen molar-refractivity contribution in [1.29, 1.82) is 0 Å². The molecular weight excluding hydrogens is 281 g/mol. The summed E-state index contributed by atoms with van der Waals surface area (Å²) in [4.78, 5) is 10.6. The summed E-state index contributed by atoms with van der Waals surface area (Å²) in [5.41, 5.74) is 4.78. The first-order valence-electron chi connectivity index (χ1n) is 4.51. The third-order valence-electron chi connectivity index (χ3n) is 2.07. The van der Waals surface area contributed by atoms with Gasteiger partial charge in [-0.15, -0.1) is 0 Å². The van der Waals surface area contributed by atoms with Crippen LogP contribution in [-0.4, -0.2) is 22.2 Å². The van der Waals surface area contributed by atoms with E-state index in [0.29, 0.717) is 4.47 Å². The maximum absolute atomic E-state index is 13.4. The van der Waals surface area contributed by atoms with Gasteiger partial charge in [-0.3, -0.25) is 4.79 Å². The molecule has 0 fully saturated rings. The zero-order chi connectivity index (χ0) is 12.3. The second kappa shape index (κ2) is 5.38. The molecule has 2 unspecified atom stereocenters. The Labute approximate surface area is 100 Å². The number of halogens is 2. The molecule has 0 radical (unpaired) electrons. The van der Waals surface area contributed by atoms with E-state index in [0.717, 1.165) is 6.07 Å². The zero-order valence-electron chi connectivity index (χ0n) is 8.23. The molecule has 0 spiro atoms. The van der Waals surface area contributed by atoms with Gasteiger partial charge in [0.15, 0.2) is 0 Å². The van der Waals surface area contributed by atoms with E-state index in [1.165, 1.54) is 12.1 Å². The average molecular weight is 292 g/mol. The summed E-state index contributed by atoms with van der Waals surface area (Å²) in [5, 5.41) is 19.1. The molecular formula is C10H11BrFNO3. The molecule has 1 aromatic rings. The molecule has 0 saturated heterocycles. The maximum Gasteiger partial charge on any atom is 0.220 e. The van der Waals surface area contributed by atoms with E-state index in [9.17, 15) is 19.4 Å². The molecule has 4 N–H and O–H groups in total. The Balaban J connectivity index is 2.95. The number of hydrogen-bond donors (Lipinski definition) is 3. The number of carbonyl (C=O) groups excluding carboxylic acids is 1. The lowest BCUT2D eigenvalue weighted by atomic mass is 10.0. The van der Waals surface area contributed by atoms with Gasteiger partial charge in [-0.1, -0.05) is 22.0 Å². The van der Waals surface area contributed by atoms with Gasteiger partial charge in [0.25, 0.3) is 0 Å². The van der Waals surface area contributed by atoms with Gasteiger partial charge in [-0.2, -0.15) is 0 Å². The maximum atomic E-state index is 13.4. The van der Waals surface area contributed by atoms with Crippen molar-refractivity contribution in [3.05, 3.63) is 34.1 Å². The number of primary amides is 1. The molecule has 6 heteroatoms. The summed E-state index contributed by atoms with van der Waals surface area (Å²) in [7, 11) is 0. The fraction of sp³-hybridized carbons (Fsp3) is 0.300. The standard InChI is InChI=1S/C10H11BrFNO3/c11-5-2-1-3-6(12)9(5)10(16)7(14)4-8(13)15/h1-3,7,10,14,16H,4H2,(H2,13,15). The highest BCUT2D eigenvalue weighted by molar-refractivity contribution is 9.10. The second-order valence-electron chi connectivity index (χ2n) is 3.32. The minimum Gasteiger partial charge on any atom is -0.390 e. The summed E-state index contributed by atoms with van der Waals surface area (Å²) in [6, 6.07) is 4.13. The molecule has 1 rings (SSSR count). The molecule has 0 aromatic heterocycles. The average Bonchev–Trinajstić information content (AvgIpc) is 2.16. The van der Waals surface area contributed by atoms with E-state index < -0.39 is 30.4 Å². The van der Waals surface area contributed by atoms with Crippen molar-refractivity contribution in [3.63, 3.8) is 0 Å².